The van der Waals surface area contributed by atoms with Gasteiger partial charge < -0.3 is 4.74 Å². The van der Waals surface area contributed by atoms with Crippen LogP contribution in [-0.4, -0.2) is 20.9 Å². The second-order valence-electron chi connectivity index (χ2n) is 5.07. The number of halogens is 1. The summed E-state index contributed by atoms with van der Waals surface area (Å²) in [4.78, 5) is 3.99. The molecule has 0 amide bonds. The van der Waals surface area contributed by atoms with E-state index in [1.165, 1.54) is 6.33 Å². The molecule has 1 saturated heterocycles. The first-order valence-corrected chi connectivity index (χ1v) is 6.76. The van der Waals surface area contributed by atoms with Crippen LogP contribution < -0.4 is 0 Å². The van der Waals surface area contributed by atoms with Crippen molar-refractivity contribution in [2.24, 2.45) is 5.92 Å². The predicted molar refractivity (Wildman–Crippen MR) is 72.9 cm³/mol. The molecule has 1 aromatic carbocycles. The summed E-state index contributed by atoms with van der Waals surface area (Å²) in [6, 6.07) is 7.85. The molecule has 1 aliphatic rings. The molecule has 1 fully saturated rings. The third-order valence-corrected chi connectivity index (χ3v) is 4.36. The van der Waals surface area contributed by atoms with Crippen LogP contribution in [0.2, 0.25) is 5.02 Å². The van der Waals surface area contributed by atoms with E-state index < -0.39 is 5.60 Å². The molecule has 3 atom stereocenters. The quantitative estimate of drug-likeness (QED) is 0.866. The third-order valence-electron chi connectivity index (χ3n) is 4.03. The van der Waals surface area contributed by atoms with Gasteiger partial charge in [0.05, 0.1) is 12.6 Å². The van der Waals surface area contributed by atoms with Gasteiger partial charge in [0.25, 0.3) is 0 Å². The summed E-state index contributed by atoms with van der Waals surface area (Å²) >= 11 is 6.35. The first-order valence-electron chi connectivity index (χ1n) is 6.39. The number of hydrogen-bond donors (Lipinski definition) is 0. The van der Waals surface area contributed by atoms with Crippen molar-refractivity contribution in [2.45, 2.75) is 32.1 Å². The molecule has 5 heteroatoms. The highest BCUT2D eigenvalue weighted by molar-refractivity contribution is 6.31. The van der Waals surface area contributed by atoms with Gasteiger partial charge in [-0.25, -0.2) is 9.67 Å². The van der Waals surface area contributed by atoms with E-state index in [0.717, 1.165) is 10.6 Å². The van der Waals surface area contributed by atoms with Gasteiger partial charge in [-0.2, -0.15) is 5.10 Å². The highest BCUT2D eigenvalue weighted by atomic mass is 35.5. The van der Waals surface area contributed by atoms with Gasteiger partial charge >= 0.3 is 0 Å². The molecule has 0 bridgehead atoms. The fraction of sp³-hybridized carbons (Fsp3) is 0.429. The van der Waals surface area contributed by atoms with Crippen LogP contribution in [0, 0.1) is 5.92 Å². The molecule has 0 N–H and O–H groups in total. The highest BCUT2D eigenvalue weighted by Crippen LogP contribution is 2.49. The Hall–Kier alpha value is -1.39. The van der Waals surface area contributed by atoms with Gasteiger partial charge in [0, 0.05) is 16.5 Å². The van der Waals surface area contributed by atoms with Crippen molar-refractivity contribution < 1.29 is 4.74 Å². The molecular weight excluding hydrogens is 262 g/mol. The first-order chi connectivity index (χ1) is 9.13. The molecule has 19 heavy (non-hydrogen) atoms. The van der Waals surface area contributed by atoms with Crippen molar-refractivity contribution in [2.75, 3.05) is 0 Å². The Kier molecular flexibility index (Phi) is 3.07. The van der Waals surface area contributed by atoms with E-state index in [9.17, 15) is 0 Å². The molecule has 2 aromatic rings. The smallest absolute Gasteiger partial charge is 0.137 e. The van der Waals surface area contributed by atoms with Crippen LogP contribution in [-0.2, 0) is 16.9 Å². The molecule has 0 saturated carbocycles. The van der Waals surface area contributed by atoms with E-state index in [2.05, 4.69) is 23.9 Å². The van der Waals surface area contributed by atoms with E-state index in [0.29, 0.717) is 12.5 Å². The number of ether oxygens (including phenoxy) is 1. The summed E-state index contributed by atoms with van der Waals surface area (Å²) in [5.41, 5.74) is 0.614. The van der Waals surface area contributed by atoms with Crippen LogP contribution in [0.3, 0.4) is 0 Å². The molecule has 4 nitrogen and oxygen atoms in total. The number of rotatable bonds is 3. The fourth-order valence-corrected chi connectivity index (χ4v) is 3.08. The SMILES string of the molecule is CC1OC(Cn2cncn2)(c2ccccc2Cl)C1C. The lowest BCUT2D eigenvalue weighted by atomic mass is 9.74. The highest BCUT2D eigenvalue weighted by Gasteiger charge is 2.53. The zero-order valence-electron chi connectivity index (χ0n) is 11.0. The van der Waals surface area contributed by atoms with Gasteiger partial charge in [-0.15, -0.1) is 0 Å². The maximum atomic E-state index is 6.35. The second-order valence-corrected chi connectivity index (χ2v) is 5.48. The summed E-state index contributed by atoms with van der Waals surface area (Å²) in [7, 11) is 0. The summed E-state index contributed by atoms with van der Waals surface area (Å²) in [6.45, 7) is 4.90. The summed E-state index contributed by atoms with van der Waals surface area (Å²) in [6.07, 6.45) is 3.46. The van der Waals surface area contributed by atoms with E-state index in [1.54, 1.807) is 11.0 Å². The zero-order chi connectivity index (χ0) is 13.5. The monoisotopic (exact) mass is 277 g/mol. The lowest BCUT2D eigenvalue weighted by Gasteiger charge is -2.53. The van der Waals surface area contributed by atoms with Crippen molar-refractivity contribution in [1.29, 1.82) is 0 Å². The summed E-state index contributed by atoms with van der Waals surface area (Å²) in [5.74, 6) is 0.372. The molecule has 3 rings (SSSR count). The van der Waals surface area contributed by atoms with Crippen molar-refractivity contribution >= 4 is 11.6 Å². The minimum Gasteiger partial charge on any atom is -0.365 e. The fourth-order valence-electron chi connectivity index (χ4n) is 2.78. The standard InChI is InChI=1S/C14H16ClN3O/c1-10-11(2)19-14(10,7-18-9-16-8-17-18)12-5-3-4-6-13(12)15/h3-6,8-11H,7H2,1-2H3. The summed E-state index contributed by atoms with van der Waals surface area (Å²) in [5, 5.41) is 4.92. The minimum atomic E-state index is -0.411. The number of hydrogen-bond acceptors (Lipinski definition) is 3. The predicted octanol–water partition coefficient (Wildman–Crippen LogP) is 2.88. The molecule has 100 valence electrons. The van der Waals surface area contributed by atoms with Crippen LogP contribution >= 0.6 is 11.6 Å². The Labute approximate surface area is 117 Å². The molecule has 0 spiro atoms. The topological polar surface area (TPSA) is 39.9 Å². The molecule has 0 radical (unpaired) electrons. The van der Waals surface area contributed by atoms with E-state index in [-0.39, 0.29) is 6.10 Å². The van der Waals surface area contributed by atoms with E-state index in [4.69, 9.17) is 16.3 Å². The van der Waals surface area contributed by atoms with Gasteiger partial charge in [0.2, 0.25) is 0 Å². The Balaban J connectivity index is 2.01. The second kappa shape index (κ2) is 4.62. The van der Waals surface area contributed by atoms with Crippen molar-refractivity contribution in [1.82, 2.24) is 14.8 Å². The maximum Gasteiger partial charge on any atom is 0.137 e. The largest absolute Gasteiger partial charge is 0.365 e. The molecule has 1 aliphatic heterocycles. The Morgan fingerprint density at radius 2 is 2.16 bits per heavy atom. The zero-order valence-corrected chi connectivity index (χ0v) is 11.7. The van der Waals surface area contributed by atoms with Crippen molar-refractivity contribution in [3.8, 4) is 0 Å². The van der Waals surface area contributed by atoms with E-state index >= 15 is 0 Å². The average molecular weight is 278 g/mol. The van der Waals surface area contributed by atoms with Crippen LogP contribution in [0.25, 0.3) is 0 Å². The lowest BCUT2D eigenvalue weighted by molar-refractivity contribution is -0.263. The molecule has 1 aromatic heterocycles. The van der Waals surface area contributed by atoms with Crippen LogP contribution in [0.15, 0.2) is 36.9 Å². The first kappa shape index (κ1) is 12.6. The van der Waals surface area contributed by atoms with Crippen molar-refractivity contribution in [3.05, 3.63) is 47.5 Å². The molecule has 3 unspecified atom stereocenters. The lowest BCUT2D eigenvalue weighted by Crippen LogP contribution is -2.57. The molecule has 2 heterocycles. The Morgan fingerprint density at radius 3 is 2.74 bits per heavy atom. The van der Waals surface area contributed by atoms with Gasteiger partial charge in [0.1, 0.15) is 18.3 Å². The average Bonchev–Trinajstić information content (AvgIpc) is 2.91. The van der Waals surface area contributed by atoms with Gasteiger partial charge in [-0.05, 0) is 13.0 Å². The summed E-state index contributed by atoms with van der Waals surface area (Å²) < 4.78 is 7.90. The normalized spacial score (nSPS) is 30.1. The Morgan fingerprint density at radius 1 is 1.37 bits per heavy atom. The van der Waals surface area contributed by atoms with E-state index in [1.807, 2.05) is 24.3 Å². The van der Waals surface area contributed by atoms with Crippen LogP contribution in [0.1, 0.15) is 19.4 Å². The maximum absolute atomic E-state index is 6.35. The number of nitrogens with zero attached hydrogens (tertiary/aromatic N) is 3. The van der Waals surface area contributed by atoms with Gasteiger partial charge in [0.15, 0.2) is 0 Å². The third kappa shape index (κ3) is 1.95. The molecule has 0 aliphatic carbocycles. The van der Waals surface area contributed by atoms with Gasteiger partial charge in [-0.1, -0.05) is 36.7 Å². The van der Waals surface area contributed by atoms with Gasteiger partial charge in [-0.3, -0.25) is 0 Å². The molecular formula is C14H16ClN3O. The Bertz CT molecular complexity index is 572. The van der Waals surface area contributed by atoms with Crippen molar-refractivity contribution in [3.63, 3.8) is 0 Å². The minimum absolute atomic E-state index is 0.222. The van der Waals surface area contributed by atoms with Crippen LogP contribution in [0.5, 0.6) is 0 Å². The number of aromatic nitrogens is 3. The van der Waals surface area contributed by atoms with Crippen LogP contribution in [0.4, 0.5) is 0 Å². The number of benzene rings is 1.